The van der Waals surface area contributed by atoms with Gasteiger partial charge in [-0.3, -0.25) is 4.79 Å². The molecular formula is C21H27N3O4S2. The van der Waals surface area contributed by atoms with Gasteiger partial charge in [0.05, 0.1) is 16.9 Å². The highest BCUT2D eigenvalue weighted by Crippen LogP contribution is 2.25. The molecule has 9 heteroatoms. The number of nitrogens with one attached hydrogen (secondary N) is 1. The number of carbonyl (C=O) groups excluding carboxylic acids is 1. The summed E-state index contributed by atoms with van der Waals surface area (Å²) in [7, 11) is -3.50. The molecule has 7 nitrogen and oxygen atoms in total. The van der Waals surface area contributed by atoms with Crippen LogP contribution < -0.4 is 10.1 Å². The summed E-state index contributed by atoms with van der Waals surface area (Å²) in [6.45, 7) is 5.40. The first kappa shape index (κ1) is 22.6. The second-order valence-electron chi connectivity index (χ2n) is 7.00. The van der Waals surface area contributed by atoms with Crippen LogP contribution >= 0.6 is 11.8 Å². The van der Waals surface area contributed by atoms with Crippen molar-refractivity contribution in [2.24, 2.45) is 0 Å². The van der Waals surface area contributed by atoms with Crippen molar-refractivity contribution >= 4 is 33.4 Å². The number of ether oxygens (including phenoxy) is 1. The van der Waals surface area contributed by atoms with E-state index in [1.807, 2.05) is 6.92 Å². The molecule has 1 fully saturated rings. The number of rotatable bonds is 8. The van der Waals surface area contributed by atoms with Crippen molar-refractivity contribution in [2.75, 3.05) is 25.0 Å². The Kier molecular flexibility index (Phi) is 7.74. The van der Waals surface area contributed by atoms with Gasteiger partial charge in [0.15, 0.2) is 0 Å². The predicted octanol–water partition coefficient (Wildman–Crippen LogP) is 3.77. The van der Waals surface area contributed by atoms with E-state index in [0.717, 1.165) is 25.0 Å². The average Bonchev–Trinajstić information content (AvgIpc) is 2.76. The summed E-state index contributed by atoms with van der Waals surface area (Å²) in [4.78, 5) is 16.9. The first-order valence-corrected chi connectivity index (χ1v) is 12.4. The molecule has 1 aliphatic heterocycles. The van der Waals surface area contributed by atoms with Gasteiger partial charge in [-0.2, -0.15) is 4.31 Å². The molecule has 0 radical (unpaired) electrons. The van der Waals surface area contributed by atoms with Crippen LogP contribution in [0.3, 0.4) is 0 Å². The molecule has 1 N–H and O–H groups in total. The Labute approximate surface area is 182 Å². The van der Waals surface area contributed by atoms with Crippen molar-refractivity contribution < 1.29 is 17.9 Å². The molecule has 1 unspecified atom stereocenters. The summed E-state index contributed by atoms with van der Waals surface area (Å²) < 4.78 is 32.3. The monoisotopic (exact) mass is 449 g/mol. The van der Waals surface area contributed by atoms with Gasteiger partial charge in [-0.1, -0.05) is 18.2 Å². The molecule has 1 amide bonds. The third-order valence-corrected chi connectivity index (χ3v) is 7.69. The molecule has 2 aromatic rings. The van der Waals surface area contributed by atoms with E-state index >= 15 is 0 Å². The van der Waals surface area contributed by atoms with Gasteiger partial charge in [0.1, 0.15) is 10.6 Å². The highest BCUT2D eigenvalue weighted by atomic mass is 32.2. The van der Waals surface area contributed by atoms with E-state index in [1.54, 1.807) is 43.3 Å². The number of amides is 1. The van der Waals surface area contributed by atoms with Crippen molar-refractivity contribution in [3.8, 4) is 5.75 Å². The summed E-state index contributed by atoms with van der Waals surface area (Å²) in [5.41, 5.74) is 0.687. The van der Waals surface area contributed by atoms with Gasteiger partial charge in [0.25, 0.3) is 0 Å². The van der Waals surface area contributed by atoms with E-state index in [2.05, 4.69) is 10.3 Å². The Bertz CT molecular complexity index is 941. The second-order valence-corrected chi connectivity index (χ2v) is 10.3. The Balaban J connectivity index is 1.58. The number of benzene rings is 1. The number of aromatic nitrogens is 1. The maximum Gasteiger partial charge on any atom is 0.244 e. The molecule has 0 spiro atoms. The number of hydrogen-bond acceptors (Lipinski definition) is 6. The largest absolute Gasteiger partial charge is 0.494 e. The Morgan fingerprint density at radius 1 is 1.17 bits per heavy atom. The van der Waals surface area contributed by atoms with Crippen LogP contribution in [0.4, 0.5) is 5.69 Å². The summed E-state index contributed by atoms with van der Waals surface area (Å²) >= 11 is 1.28. The fourth-order valence-corrected chi connectivity index (χ4v) is 5.37. The standard InChI is InChI=1S/C21H27N3O4S2/c1-3-28-18-9-7-17(8-10-18)23-21(25)16(2)29-20-12-11-19(15-22-20)30(26,27)24-13-5-4-6-14-24/h7-12,15-16H,3-6,13-14H2,1-2H3,(H,23,25). The number of hydrogen-bond donors (Lipinski definition) is 1. The summed E-state index contributed by atoms with van der Waals surface area (Å²) in [6.07, 6.45) is 4.23. The highest BCUT2D eigenvalue weighted by Gasteiger charge is 2.26. The van der Waals surface area contributed by atoms with Crippen LogP contribution in [0.25, 0.3) is 0 Å². The zero-order chi connectivity index (χ0) is 21.6. The molecule has 1 aliphatic rings. The van der Waals surface area contributed by atoms with Crippen molar-refractivity contribution in [3.05, 3.63) is 42.6 Å². The summed E-state index contributed by atoms with van der Waals surface area (Å²) in [5.74, 6) is 0.595. The Morgan fingerprint density at radius 3 is 2.47 bits per heavy atom. The Hall–Kier alpha value is -2.10. The molecular weight excluding hydrogens is 422 g/mol. The highest BCUT2D eigenvalue weighted by molar-refractivity contribution is 8.00. The molecule has 1 aromatic heterocycles. The number of sulfonamides is 1. The molecule has 3 rings (SSSR count). The van der Waals surface area contributed by atoms with Crippen LogP contribution in [0.2, 0.25) is 0 Å². The predicted molar refractivity (Wildman–Crippen MR) is 118 cm³/mol. The number of nitrogens with zero attached hydrogens (tertiary/aromatic N) is 2. The SMILES string of the molecule is CCOc1ccc(NC(=O)C(C)Sc2ccc(S(=O)(=O)N3CCCCC3)cn2)cc1. The third kappa shape index (κ3) is 5.74. The molecule has 1 aromatic carbocycles. The van der Waals surface area contributed by atoms with Crippen molar-refractivity contribution in [1.29, 1.82) is 0 Å². The topological polar surface area (TPSA) is 88.6 Å². The fraction of sp³-hybridized carbons (Fsp3) is 0.429. The number of pyridine rings is 1. The van der Waals surface area contributed by atoms with Gasteiger partial charge < -0.3 is 10.1 Å². The first-order valence-electron chi connectivity index (χ1n) is 10.1. The smallest absolute Gasteiger partial charge is 0.244 e. The normalized spacial score (nSPS) is 16.1. The van der Waals surface area contributed by atoms with Gasteiger partial charge in [0, 0.05) is 25.0 Å². The summed E-state index contributed by atoms with van der Waals surface area (Å²) in [6, 6.07) is 10.4. The van der Waals surface area contributed by atoms with Crippen molar-refractivity contribution in [2.45, 2.75) is 48.3 Å². The van der Waals surface area contributed by atoms with Crippen LogP contribution in [0, 0.1) is 0 Å². The van der Waals surface area contributed by atoms with Gasteiger partial charge in [0.2, 0.25) is 15.9 Å². The molecule has 0 bridgehead atoms. The minimum Gasteiger partial charge on any atom is -0.494 e. The molecule has 1 atom stereocenters. The van der Waals surface area contributed by atoms with E-state index in [0.29, 0.717) is 30.4 Å². The fourth-order valence-electron chi connectivity index (χ4n) is 3.12. The van der Waals surface area contributed by atoms with Crippen LogP contribution in [-0.2, 0) is 14.8 Å². The zero-order valence-corrected chi connectivity index (χ0v) is 18.8. The van der Waals surface area contributed by atoms with E-state index in [9.17, 15) is 13.2 Å². The van der Waals surface area contributed by atoms with Crippen LogP contribution in [-0.4, -0.2) is 48.6 Å². The molecule has 2 heterocycles. The summed E-state index contributed by atoms with van der Waals surface area (Å²) in [5, 5.41) is 3.07. The number of carbonyl (C=O) groups is 1. The van der Waals surface area contributed by atoms with Gasteiger partial charge in [-0.25, -0.2) is 13.4 Å². The molecule has 1 saturated heterocycles. The van der Waals surface area contributed by atoms with E-state index in [4.69, 9.17) is 4.74 Å². The lowest BCUT2D eigenvalue weighted by Gasteiger charge is -2.25. The van der Waals surface area contributed by atoms with Gasteiger partial charge in [-0.05, 0) is 63.1 Å². The molecule has 0 aliphatic carbocycles. The minimum absolute atomic E-state index is 0.157. The van der Waals surface area contributed by atoms with Crippen molar-refractivity contribution in [3.63, 3.8) is 0 Å². The molecule has 162 valence electrons. The van der Waals surface area contributed by atoms with Crippen LogP contribution in [0.5, 0.6) is 5.75 Å². The van der Waals surface area contributed by atoms with Gasteiger partial charge in [-0.15, -0.1) is 0 Å². The quantitative estimate of drug-likeness (QED) is 0.617. The maximum absolute atomic E-state index is 12.7. The maximum atomic E-state index is 12.7. The van der Waals surface area contributed by atoms with Crippen molar-refractivity contribution in [1.82, 2.24) is 9.29 Å². The third-order valence-electron chi connectivity index (χ3n) is 4.76. The Morgan fingerprint density at radius 2 is 1.87 bits per heavy atom. The molecule has 30 heavy (non-hydrogen) atoms. The van der Waals surface area contributed by atoms with E-state index in [-0.39, 0.29) is 10.8 Å². The second kappa shape index (κ2) is 10.3. The molecule has 0 saturated carbocycles. The average molecular weight is 450 g/mol. The lowest BCUT2D eigenvalue weighted by atomic mass is 10.2. The van der Waals surface area contributed by atoms with E-state index < -0.39 is 15.3 Å². The first-order chi connectivity index (χ1) is 14.4. The minimum atomic E-state index is -3.50. The number of thioether (sulfide) groups is 1. The van der Waals surface area contributed by atoms with Gasteiger partial charge >= 0.3 is 0 Å². The number of anilines is 1. The van der Waals surface area contributed by atoms with E-state index in [1.165, 1.54) is 22.3 Å². The lowest BCUT2D eigenvalue weighted by molar-refractivity contribution is -0.115. The van der Waals surface area contributed by atoms with Crippen LogP contribution in [0.15, 0.2) is 52.5 Å². The lowest BCUT2D eigenvalue weighted by Crippen LogP contribution is -2.35. The van der Waals surface area contributed by atoms with Crippen LogP contribution in [0.1, 0.15) is 33.1 Å². The number of piperidine rings is 1. The zero-order valence-electron chi connectivity index (χ0n) is 17.2.